The first-order chi connectivity index (χ1) is 17.1. The van der Waals surface area contributed by atoms with Gasteiger partial charge in [-0.3, -0.25) is 4.79 Å². The summed E-state index contributed by atoms with van der Waals surface area (Å²) < 4.78 is 5.72. The van der Waals surface area contributed by atoms with Gasteiger partial charge >= 0.3 is 6.09 Å². The van der Waals surface area contributed by atoms with Crippen LogP contribution < -0.4 is 0 Å². The molecule has 3 aromatic rings. The number of likely N-dealkylation sites (tertiary alicyclic amines) is 1. The van der Waals surface area contributed by atoms with E-state index in [1.54, 1.807) is 0 Å². The Kier molecular flexibility index (Phi) is 7.88. The lowest BCUT2D eigenvalue weighted by Crippen LogP contribution is -2.32. The largest absolute Gasteiger partial charge is 0.444 e. The van der Waals surface area contributed by atoms with E-state index in [-0.39, 0.29) is 24.3 Å². The number of rotatable bonds is 6. The van der Waals surface area contributed by atoms with Crippen molar-refractivity contribution in [2.24, 2.45) is 10.9 Å². The van der Waals surface area contributed by atoms with Gasteiger partial charge in [0.2, 0.25) is 5.91 Å². The number of aliphatic imine (C=N–C) groups is 1. The molecule has 2 amide bonds. The number of benzene rings is 3. The van der Waals surface area contributed by atoms with Crippen LogP contribution in [0.3, 0.4) is 0 Å². The summed E-state index contributed by atoms with van der Waals surface area (Å²) in [6.07, 6.45) is 2.57. The molecule has 5 heteroatoms. The molecule has 2 unspecified atom stereocenters. The third-order valence-electron chi connectivity index (χ3n) is 6.24. The summed E-state index contributed by atoms with van der Waals surface area (Å²) in [5.41, 5.74) is 3.65. The molecule has 4 rings (SSSR count). The van der Waals surface area contributed by atoms with Crippen molar-refractivity contribution in [3.8, 4) is 0 Å². The molecule has 0 N–H and O–H groups in total. The number of ether oxygens (including phenoxy) is 1. The van der Waals surface area contributed by atoms with E-state index in [0.717, 1.165) is 22.4 Å². The molecule has 2 atom stereocenters. The van der Waals surface area contributed by atoms with Crippen molar-refractivity contribution in [3.63, 3.8) is 0 Å². The molecule has 1 aliphatic heterocycles. The minimum absolute atomic E-state index is 0.135. The first-order valence-corrected chi connectivity index (χ1v) is 12.0. The highest BCUT2D eigenvalue weighted by molar-refractivity contribution is 6.06. The Morgan fingerprint density at radius 2 is 1.57 bits per heavy atom. The van der Waals surface area contributed by atoms with Crippen molar-refractivity contribution < 1.29 is 14.3 Å². The minimum Gasteiger partial charge on any atom is -0.444 e. The van der Waals surface area contributed by atoms with Gasteiger partial charge in [0.1, 0.15) is 12.4 Å². The highest BCUT2D eigenvalue weighted by Gasteiger charge is 2.40. The van der Waals surface area contributed by atoms with Gasteiger partial charge < -0.3 is 4.74 Å². The molecular weight excluding hydrogens is 436 g/mol. The minimum atomic E-state index is -0.537. The van der Waals surface area contributed by atoms with Crippen LogP contribution >= 0.6 is 0 Å². The summed E-state index contributed by atoms with van der Waals surface area (Å²) in [7, 11) is 0. The zero-order chi connectivity index (χ0) is 24.6. The molecule has 3 aromatic carbocycles. The van der Waals surface area contributed by atoms with Crippen molar-refractivity contribution in [2.75, 3.05) is 0 Å². The number of carbonyl (C=O) groups excluding carboxylic acids is 2. The van der Waals surface area contributed by atoms with Gasteiger partial charge in [-0.2, -0.15) is 4.99 Å². The highest BCUT2D eigenvalue weighted by Crippen LogP contribution is 2.40. The number of nitrogens with zero attached hydrogens (tertiary/aromatic N) is 2. The van der Waals surface area contributed by atoms with Crippen LogP contribution in [0.25, 0.3) is 6.08 Å². The molecule has 0 aliphatic carbocycles. The predicted octanol–water partition coefficient (Wildman–Crippen LogP) is 6.83. The quantitative estimate of drug-likeness (QED) is 0.400. The Morgan fingerprint density at radius 3 is 2.20 bits per heavy atom. The maximum absolute atomic E-state index is 13.5. The van der Waals surface area contributed by atoms with Gasteiger partial charge in [-0.15, -0.1) is 0 Å². The molecule has 0 radical (unpaired) electrons. The summed E-state index contributed by atoms with van der Waals surface area (Å²) in [4.78, 5) is 32.2. The third kappa shape index (κ3) is 5.93. The van der Waals surface area contributed by atoms with Gasteiger partial charge in [0.25, 0.3) is 0 Å². The second-order valence-corrected chi connectivity index (χ2v) is 8.70. The van der Waals surface area contributed by atoms with Gasteiger partial charge in [-0.1, -0.05) is 105 Å². The van der Waals surface area contributed by atoms with Gasteiger partial charge in [0.05, 0.1) is 0 Å². The predicted molar refractivity (Wildman–Crippen MR) is 139 cm³/mol. The lowest BCUT2D eigenvalue weighted by Gasteiger charge is -2.21. The smallest absolute Gasteiger partial charge is 0.420 e. The van der Waals surface area contributed by atoms with Crippen molar-refractivity contribution in [3.05, 3.63) is 113 Å². The zero-order valence-corrected chi connectivity index (χ0v) is 20.1. The normalized spacial score (nSPS) is 18.6. The number of amidine groups is 1. The summed E-state index contributed by atoms with van der Waals surface area (Å²) in [5, 5.41) is 0. The second kappa shape index (κ2) is 11.4. The van der Waals surface area contributed by atoms with Crippen LogP contribution in [-0.4, -0.2) is 22.7 Å². The van der Waals surface area contributed by atoms with Crippen LogP contribution in [0.2, 0.25) is 0 Å². The Balaban J connectivity index is 1.76. The van der Waals surface area contributed by atoms with E-state index in [9.17, 15) is 9.59 Å². The van der Waals surface area contributed by atoms with Crippen molar-refractivity contribution >= 4 is 23.9 Å². The van der Waals surface area contributed by atoms with Gasteiger partial charge in [0, 0.05) is 24.0 Å². The van der Waals surface area contributed by atoms with Crippen LogP contribution in [0.15, 0.2) is 102 Å². The fourth-order valence-corrected chi connectivity index (χ4v) is 4.04. The monoisotopic (exact) mass is 466 g/mol. The summed E-state index contributed by atoms with van der Waals surface area (Å²) in [6.45, 7) is 3.95. The molecule has 0 aromatic heterocycles. The number of hydrogen-bond acceptors (Lipinski definition) is 3. The Hall–Kier alpha value is -3.99. The van der Waals surface area contributed by atoms with Gasteiger partial charge in [-0.25, -0.2) is 9.69 Å². The molecule has 5 nitrogen and oxygen atoms in total. The van der Waals surface area contributed by atoms with E-state index < -0.39 is 6.09 Å². The summed E-state index contributed by atoms with van der Waals surface area (Å²) >= 11 is 0. The fraction of sp³-hybridized carbons (Fsp3) is 0.233. The molecule has 1 fully saturated rings. The molecule has 0 spiro atoms. The maximum Gasteiger partial charge on any atom is 0.420 e. The van der Waals surface area contributed by atoms with E-state index >= 15 is 0 Å². The topological polar surface area (TPSA) is 59.0 Å². The van der Waals surface area contributed by atoms with E-state index in [1.807, 2.05) is 111 Å². The third-order valence-corrected chi connectivity index (χ3v) is 6.24. The Labute approximate surface area is 206 Å². The molecule has 0 bridgehead atoms. The molecule has 1 aliphatic rings. The van der Waals surface area contributed by atoms with Crippen LogP contribution in [0.5, 0.6) is 0 Å². The average molecular weight is 467 g/mol. The highest BCUT2D eigenvalue weighted by atomic mass is 16.6. The maximum atomic E-state index is 13.5. The number of carbonyl (C=O) groups is 2. The first-order valence-electron chi connectivity index (χ1n) is 12.0. The van der Waals surface area contributed by atoms with E-state index in [2.05, 4.69) is 4.99 Å². The van der Waals surface area contributed by atoms with Gasteiger partial charge in [-0.05, 0) is 29.2 Å². The molecule has 0 saturated carbocycles. The molecule has 1 saturated heterocycles. The zero-order valence-electron chi connectivity index (χ0n) is 20.1. The molecule has 35 heavy (non-hydrogen) atoms. The van der Waals surface area contributed by atoms with Crippen molar-refractivity contribution in [1.82, 2.24) is 4.90 Å². The van der Waals surface area contributed by atoms with Crippen LogP contribution in [0.1, 0.15) is 49.3 Å². The lowest BCUT2D eigenvalue weighted by molar-refractivity contribution is -0.121. The van der Waals surface area contributed by atoms with Crippen LogP contribution in [-0.2, 0) is 16.1 Å². The standard InChI is InChI=1S/C30H30N2O3/c1-3-22(2)29(33)31-28-20-26(25-17-11-6-12-18-25)27(19-23-13-7-4-8-14-23)32(28)30(34)35-21-24-15-9-5-10-16-24/h4-19,22,26H,3,20-21H2,1-2H3/b27-19-,31-28?. The van der Waals surface area contributed by atoms with Gasteiger partial charge in [0.15, 0.2) is 0 Å². The lowest BCUT2D eigenvalue weighted by atomic mass is 9.94. The number of amides is 2. The average Bonchev–Trinajstić information content (AvgIpc) is 3.25. The molecular formula is C30H30N2O3. The fourth-order valence-electron chi connectivity index (χ4n) is 4.04. The summed E-state index contributed by atoms with van der Waals surface area (Å²) in [6, 6.07) is 29.4. The van der Waals surface area contributed by atoms with E-state index in [4.69, 9.17) is 4.74 Å². The first kappa shape index (κ1) is 24.1. The number of allylic oxidation sites excluding steroid dienone is 1. The SMILES string of the molecule is CCC(C)C(=O)N=C1CC(c2ccccc2)/C(=C/c2ccccc2)N1C(=O)OCc1ccccc1. The van der Waals surface area contributed by atoms with Crippen LogP contribution in [0.4, 0.5) is 4.79 Å². The van der Waals surface area contributed by atoms with E-state index in [0.29, 0.717) is 18.7 Å². The van der Waals surface area contributed by atoms with Crippen molar-refractivity contribution in [1.29, 1.82) is 0 Å². The summed E-state index contributed by atoms with van der Waals surface area (Å²) in [5.74, 6) is -0.160. The van der Waals surface area contributed by atoms with Crippen LogP contribution in [0, 0.1) is 5.92 Å². The van der Waals surface area contributed by atoms with E-state index in [1.165, 1.54) is 4.90 Å². The second-order valence-electron chi connectivity index (χ2n) is 8.70. The Morgan fingerprint density at radius 1 is 0.971 bits per heavy atom. The Bertz CT molecular complexity index is 1200. The van der Waals surface area contributed by atoms with Crippen molar-refractivity contribution in [2.45, 2.75) is 39.2 Å². The molecule has 1 heterocycles. The number of hydrogen-bond donors (Lipinski definition) is 0. The molecule has 178 valence electrons.